The minimum Gasteiger partial charge on any atom is -0.468 e. The second-order valence-corrected chi connectivity index (χ2v) is 8.52. The Morgan fingerprint density at radius 1 is 1.23 bits per heavy atom. The van der Waals surface area contributed by atoms with E-state index in [1.165, 1.54) is 38.1 Å². The van der Waals surface area contributed by atoms with E-state index in [-0.39, 0.29) is 11.2 Å². The van der Waals surface area contributed by atoms with Crippen molar-refractivity contribution in [1.29, 1.82) is 0 Å². The zero-order valence-electron chi connectivity index (χ0n) is 14.7. The van der Waals surface area contributed by atoms with Crippen molar-refractivity contribution in [3.63, 3.8) is 0 Å². The molecule has 8 heteroatoms. The Balaban J connectivity index is 2.02. The Bertz CT molecular complexity index is 791. The third-order valence-electron chi connectivity index (χ3n) is 4.61. The quantitative estimate of drug-likeness (QED) is 0.493. The predicted molar refractivity (Wildman–Crippen MR) is 105 cm³/mol. The Morgan fingerprint density at radius 3 is 2.62 bits per heavy atom. The number of aromatic nitrogens is 3. The van der Waals surface area contributed by atoms with Crippen molar-refractivity contribution in [2.24, 2.45) is 0 Å². The molecule has 1 unspecified atom stereocenters. The zero-order valence-corrected chi connectivity index (χ0v) is 17.1. The van der Waals surface area contributed by atoms with Crippen molar-refractivity contribution in [3.05, 3.63) is 34.1 Å². The molecule has 1 aromatic carbocycles. The van der Waals surface area contributed by atoms with E-state index in [4.69, 9.17) is 27.9 Å². The second-order valence-electron chi connectivity index (χ2n) is 6.39. The van der Waals surface area contributed by atoms with Gasteiger partial charge in [-0.25, -0.2) is 0 Å². The van der Waals surface area contributed by atoms with Crippen LogP contribution in [0.25, 0.3) is 5.69 Å². The summed E-state index contributed by atoms with van der Waals surface area (Å²) in [4.78, 5) is 11.8. The number of nitrogens with zero attached hydrogens (tertiary/aromatic N) is 3. The predicted octanol–water partition coefficient (Wildman–Crippen LogP) is 5.28. The smallest absolute Gasteiger partial charge is 0.318 e. The lowest BCUT2D eigenvalue weighted by Gasteiger charge is -2.22. The highest BCUT2D eigenvalue weighted by molar-refractivity contribution is 8.00. The molecule has 26 heavy (non-hydrogen) atoms. The number of carbonyl (C=O) groups is 1. The molecule has 0 amide bonds. The van der Waals surface area contributed by atoms with Gasteiger partial charge >= 0.3 is 5.97 Å². The number of rotatable bonds is 5. The van der Waals surface area contributed by atoms with Crippen LogP contribution in [0.1, 0.15) is 50.8 Å². The highest BCUT2D eigenvalue weighted by atomic mass is 35.5. The van der Waals surface area contributed by atoms with Crippen LogP contribution in [-0.2, 0) is 9.53 Å². The molecule has 1 aliphatic rings. The normalized spacial score (nSPS) is 16.5. The minimum absolute atomic E-state index is 0.294. The summed E-state index contributed by atoms with van der Waals surface area (Å²) in [6.45, 7) is 1.80. The number of thioether (sulfide) groups is 1. The van der Waals surface area contributed by atoms with E-state index in [2.05, 4.69) is 10.2 Å². The zero-order chi connectivity index (χ0) is 18.7. The molecule has 0 radical (unpaired) electrons. The van der Waals surface area contributed by atoms with E-state index in [1.807, 2.05) is 16.7 Å². The lowest BCUT2D eigenvalue weighted by molar-refractivity contribution is -0.139. The number of halogens is 2. The minimum atomic E-state index is -0.384. The van der Waals surface area contributed by atoms with Crippen LogP contribution in [0.4, 0.5) is 0 Å². The van der Waals surface area contributed by atoms with Crippen molar-refractivity contribution in [2.75, 3.05) is 7.11 Å². The van der Waals surface area contributed by atoms with Crippen molar-refractivity contribution in [1.82, 2.24) is 14.8 Å². The molecule has 1 heterocycles. The summed E-state index contributed by atoms with van der Waals surface area (Å²) < 4.78 is 6.83. The molecule has 5 nitrogen and oxygen atoms in total. The largest absolute Gasteiger partial charge is 0.468 e. The average Bonchev–Trinajstić information content (AvgIpc) is 3.07. The van der Waals surface area contributed by atoms with Gasteiger partial charge in [-0.2, -0.15) is 0 Å². The van der Waals surface area contributed by atoms with Gasteiger partial charge in [-0.1, -0.05) is 54.2 Å². The molecular formula is C18H21Cl2N3O2S. The first-order chi connectivity index (χ1) is 12.5. The van der Waals surface area contributed by atoms with Crippen LogP contribution >= 0.6 is 35.0 Å². The van der Waals surface area contributed by atoms with E-state index < -0.39 is 0 Å². The van der Waals surface area contributed by atoms with Crippen LogP contribution in [0.3, 0.4) is 0 Å². The fourth-order valence-electron chi connectivity index (χ4n) is 3.22. The summed E-state index contributed by atoms with van der Waals surface area (Å²) in [6, 6.07) is 5.48. The summed E-state index contributed by atoms with van der Waals surface area (Å²) in [7, 11) is 1.39. The highest BCUT2D eigenvalue weighted by Crippen LogP contribution is 2.36. The van der Waals surface area contributed by atoms with E-state index in [9.17, 15) is 4.79 Å². The second kappa shape index (κ2) is 8.63. The van der Waals surface area contributed by atoms with Crippen molar-refractivity contribution in [3.8, 4) is 5.69 Å². The van der Waals surface area contributed by atoms with Gasteiger partial charge in [0.15, 0.2) is 5.16 Å². The standard InChI is InChI=1S/C18H21Cl2N3O2S/c1-11(17(24)25-2)26-18-22-21-16(12-6-4-3-5-7-12)23(18)13-8-9-14(19)15(20)10-13/h8-12H,3-7H2,1-2H3. The molecule has 3 rings (SSSR count). The van der Waals surface area contributed by atoms with Crippen LogP contribution in [0, 0.1) is 0 Å². The molecular weight excluding hydrogens is 393 g/mol. The van der Waals surface area contributed by atoms with Gasteiger partial charge < -0.3 is 4.74 Å². The third kappa shape index (κ3) is 4.18. The van der Waals surface area contributed by atoms with Gasteiger partial charge in [0.25, 0.3) is 0 Å². The molecule has 140 valence electrons. The Hall–Kier alpha value is -1.24. The van der Waals surface area contributed by atoms with Gasteiger partial charge in [0.1, 0.15) is 11.1 Å². The maximum atomic E-state index is 11.8. The number of ether oxygens (including phenoxy) is 1. The Kier molecular flexibility index (Phi) is 6.48. The third-order valence-corrected chi connectivity index (χ3v) is 6.37. The number of carbonyl (C=O) groups excluding carboxylic acids is 1. The Morgan fingerprint density at radius 2 is 1.96 bits per heavy atom. The van der Waals surface area contributed by atoms with Gasteiger partial charge in [-0.15, -0.1) is 10.2 Å². The summed E-state index contributed by atoms with van der Waals surface area (Å²) >= 11 is 13.6. The summed E-state index contributed by atoms with van der Waals surface area (Å²) in [5, 5.41) is 10.1. The van der Waals surface area contributed by atoms with E-state index >= 15 is 0 Å². The van der Waals surface area contributed by atoms with E-state index in [0.29, 0.717) is 21.1 Å². The summed E-state index contributed by atoms with van der Waals surface area (Å²) in [6.07, 6.45) is 5.84. The van der Waals surface area contributed by atoms with Crippen LogP contribution in [0.15, 0.2) is 23.4 Å². The van der Waals surface area contributed by atoms with Gasteiger partial charge in [-0.3, -0.25) is 9.36 Å². The van der Waals surface area contributed by atoms with E-state index in [1.54, 1.807) is 13.0 Å². The van der Waals surface area contributed by atoms with Gasteiger partial charge in [0, 0.05) is 5.92 Å². The number of benzene rings is 1. The molecule has 2 aromatic rings. The molecule has 1 aromatic heterocycles. The maximum absolute atomic E-state index is 11.8. The SMILES string of the molecule is COC(=O)C(C)Sc1nnc(C2CCCCC2)n1-c1ccc(Cl)c(Cl)c1. The molecule has 1 aliphatic carbocycles. The first-order valence-electron chi connectivity index (χ1n) is 8.66. The molecule has 0 N–H and O–H groups in total. The number of hydrogen-bond acceptors (Lipinski definition) is 5. The van der Waals surface area contributed by atoms with Gasteiger partial charge in [-0.05, 0) is 38.0 Å². The highest BCUT2D eigenvalue weighted by Gasteiger charge is 2.26. The fourth-order valence-corrected chi connectivity index (χ4v) is 4.42. The van der Waals surface area contributed by atoms with Crippen molar-refractivity contribution >= 4 is 40.9 Å². The van der Waals surface area contributed by atoms with Crippen LogP contribution < -0.4 is 0 Å². The number of methoxy groups -OCH3 is 1. The molecule has 0 saturated heterocycles. The number of hydrogen-bond donors (Lipinski definition) is 0. The van der Waals surface area contributed by atoms with Crippen LogP contribution in [0.5, 0.6) is 0 Å². The average molecular weight is 414 g/mol. The first-order valence-corrected chi connectivity index (χ1v) is 10.3. The summed E-state index contributed by atoms with van der Waals surface area (Å²) in [5.41, 5.74) is 0.851. The van der Waals surface area contributed by atoms with Crippen molar-refractivity contribution < 1.29 is 9.53 Å². The molecule has 0 aliphatic heterocycles. The number of esters is 1. The molecule has 0 bridgehead atoms. The van der Waals surface area contributed by atoms with Crippen LogP contribution in [0.2, 0.25) is 10.0 Å². The first kappa shape index (κ1) is 19.5. The topological polar surface area (TPSA) is 57.0 Å². The lowest BCUT2D eigenvalue weighted by Crippen LogP contribution is -2.16. The van der Waals surface area contributed by atoms with E-state index in [0.717, 1.165) is 24.4 Å². The molecule has 0 spiro atoms. The molecule has 1 saturated carbocycles. The Labute approximate surface area is 167 Å². The van der Waals surface area contributed by atoms with Gasteiger partial charge in [0.2, 0.25) is 0 Å². The monoisotopic (exact) mass is 413 g/mol. The van der Waals surface area contributed by atoms with Crippen LogP contribution in [-0.4, -0.2) is 33.1 Å². The van der Waals surface area contributed by atoms with Crippen molar-refractivity contribution in [2.45, 2.75) is 55.4 Å². The van der Waals surface area contributed by atoms with Gasteiger partial charge in [0.05, 0.1) is 22.8 Å². The maximum Gasteiger partial charge on any atom is 0.318 e. The molecule has 1 atom stereocenters. The fraction of sp³-hybridized carbons (Fsp3) is 0.500. The molecule has 1 fully saturated rings. The summed E-state index contributed by atoms with van der Waals surface area (Å²) in [5.74, 6) is 0.981. The lowest BCUT2D eigenvalue weighted by atomic mass is 9.88.